The first-order chi connectivity index (χ1) is 9.21. The maximum Gasteiger partial charge on any atom is 0.229 e. The smallest absolute Gasteiger partial charge is 0.229 e. The summed E-state index contributed by atoms with van der Waals surface area (Å²) < 4.78 is -0.754. The van der Waals surface area contributed by atoms with Crippen LogP contribution in [0.2, 0.25) is 0 Å². The zero-order valence-corrected chi connectivity index (χ0v) is 14.2. The van der Waals surface area contributed by atoms with Crippen LogP contribution < -0.4 is 0 Å². The van der Waals surface area contributed by atoms with E-state index in [2.05, 4.69) is 12.6 Å². The standard InChI is InChI=1S/C14H18O3S3/c1-9(15)10(7-12(16)14(2,3)18)8-20-13(17)11-5-4-6-19-11/h4-6,10,18H,7-8H2,1-3H3/t10-/m0/s1. The molecule has 0 radical (unpaired) electrons. The van der Waals surface area contributed by atoms with Crippen molar-refractivity contribution in [2.75, 3.05) is 5.75 Å². The highest BCUT2D eigenvalue weighted by Crippen LogP contribution is 2.24. The minimum absolute atomic E-state index is 0.0520. The molecule has 1 aromatic rings. The second-order valence-corrected chi connectivity index (χ2v) is 8.13. The largest absolute Gasteiger partial charge is 0.300 e. The molecule has 20 heavy (non-hydrogen) atoms. The first-order valence-electron chi connectivity index (χ1n) is 6.18. The number of carbonyl (C=O) groups is 3. The molecule has 1 heterocycles. The summed E-state index contributed by atoms with van der Waals surface area (Å²) in [5.41, 5.74) is 0. The zero-order valence-electron chi connectivity index (χ0n) is 11.7. The lowest BCUT2D eigenvalue weighted by atomic mass is 9.94. The van der Waals surface area contributed by atoms with Crippen molar-refractivity contribution >= 4 is 52.4 Å². The van der Waals surface area contributed by atoms with Gasteiger partial charge in [0.1, 0.15) is 11.6 Å². The predicted molar refractivity (Wildman–Crippen MR) is 88.0 cm³/mol. The average Bonchev–Trinajstić information content (AvgIpc) is 2.85. The number of thioether (sulfide) groups is 1. The zero-order chi connectivity index (χ0) is 15.3. The van der Waals surface area contributed by atoms with E-state index in [0.29, 0.717) is 10.6 Å². The van der Waals surface area contributed by atoms with E-state index in [0.717, 1.165) is 11.8 Å². The molecule has 1 atom stereocenters. The lowest BCUT2D eigenvalue weighted by Crippen LogP contribution is -2.30. The van der Waals surface area contributed by atoms with E-state index in [4.69, 9.17) is 0 Å². The van der Waals surface area contributed by atoms with Crippen molar-refractivity contribution < 1.29 is 14.4 Å². The van der Waals surface area contributed by atoms with Gasteiger partial charge in [0, 0.05) is 18.1 Å². The number of hydrogen-bond acceptors (Lipinski definition) is 6. The first-order valence-corrected chi connectivity index (χ1v) is 8.50. The molecule has 0 amide bonds. The molecule has 0 saturated carbocycles. The van der Waals surface area contributed by atoms with Gasteiger partial charge in [0.2, 0.25) is 5.12 Å². The summed E-state index contributed by atoms with van der Waals surface area (Å²) in [6.45, 7) is 4.87. The summed E-state index contributed by atoms with van der Waals surface area (Å²) in [4.78, 5) is 36.1. The fourth-order valence-corrected chi connectivity index (χ4v) is 3.32. The van der Waals surface area contributed by atoms with Crippen molar-refractivity contribution in [3.05, 3.63) is 22.4 Å². The van der Waals surface area contributed by atoms with Gasteiger partial charge in [-0.25, -0.2) is 0 Å². The minimum atomic E-state index is -0.754. The quantitative estimate of drug-likeness (QED) is 0.778. The molecular weight excluding hydrogens is 312 g/mol. The lowest BCUT2D eigenvalue weighted by molar-refractivity contribution is -0.126. The number of thiophene rings is 1. The molecule has 0 aliphatic carbocycles. The van der Waals surface area contributed by atoms with Gasteiger partial charge in [0.25, 0.3) is 0 Å². The van der Waals surface area contributed by atoms with E-state index in [9.17, 15) is 14.4 Å². The Labute approximate surface area is 132 Å². The van der Waals surface area contributed by atoms with Crippen LogP contribution in [-0.4, -0.2) is 27.2 Å². The van der Waals surface area contributed by atoms with Crippen LogP contribution in [0.1, 0.15) is 36.9 Å². The third-order valence-corrected chi connectivity index (χ3v) is 5.13. The van der Waals surface area contributed by atoms with Crippen LogP contribution in [0.15, 0.2) is 17.5 Å². The van der Waals surface area contributed by atoms with Crippen molar-refractivity contribution in [1.29, 1.82) is 0 Å². The van der Waals surface area contributed by atoms with Crippen molar-refractivity contribution in [3.63, 3.8) is 0 Å². The highest BCUT2D eigenvalue weighted by molar-refractivity contribution is 8.14. The van der Waals surface area contributed by atoms with E-state index >= 15 is 0 Å². The second kappa shape index (κ2) is 7.43. The van der Waals surface area contributed by atoms with E-state index < -0.39 is 10.7 Å². The molecule has 0 unspecified atom stereocenters. The van der Waals surface area contributed by atoms with Gasteiger partial charge in [-0.2, -0.15) is 12.6 Å². The van der Waals surface area contributed by atoms with Gasteiger partial charge < -0.3 is 0 Å². The van der Waals surface area contributed by atoms with Crippen LogP contribution in [0, 0.1) is 5.92 Å². The topological polar surface area (TPSA) is 51.2 Å². The number of ketones is 2. The van der Waals surface area contributed by atoms with Crippen LogP contribution >= 0.6 is 35.7 Å². The Morgan fingerprint density at radius 1 is 1.40 bits per heavy atom. The molecule has 0 aliphatic heterocycles. The predicted octanol–water partition coefficient (Wildman–Crippen LogP) is 3.49. The van der Waals surface area contributed by atoms with Crippen molar-refractivity contribution in [2.45, 2.75) is 31.9 Å². The Hall–Kier alpha value is -0.590. The number of hydrogen-bond donors (Lipinski definition) is 1. The molecule has 1 rings (SSSR count). The van der Waals surface area contributed by atoms with Crippen molar-refractivity contribution in [3.8, 4) is 0 Å². The Morgan fingerprint density at radius 3 is 2.50 bits per heavy atom. The number of rotatable bonds is 7. The molecule has 3 nitrogen and oxygen atoms in total. The second-order valence-electron chi connectivity index (χ2n) is 5.07. The van der Waals surface area contributed by atoms with Gasteiger partial charge in [0.05, 0.1) is 9.62 Å². The fourth-order valence-electron chi connectivity index (χ4n) is 1.44. The average molecular weight is 330 g/mol. The van der Waals surface area contributed by atoms with Gasteiger partial charge in [-0.1, -0.05) is 17.8 Å². The van der Waals surface area contributed by atoms with Crippen molar-refractivity contribution in [1.82, 2.24) is 0 Å². The molecule has 6 heteroatoms. The molecule has 0 spiro atoms. The molecule has 0 aliphatic rings. The van der Waals surface area contributed by atoms with Crippen LogP contribution in [0.4, 0.5) is 0 Å². The van der Waals surface area contributed by atoms with Crippen LogP contribution in [0.5, 0.6) is 0 Å². The molecule has 0 N–H and O–H groups in total. The summed E-state index contributed by atoms with van der Waals surface area (Å²) in [5.74, 6) is -0.239. The minimum Gasteiger partial charge on any atom is -0.300 e. The maximum absolute atomic E-state index is 11.9. The summed E-state index contributed by atoms with van der Waals surface area (Å²) in [5, 5.41) is 1.78. The Bertz CT molecular complexity index is 486. The van der Waals surface area contributed by atoms with E-state index in [1.54, 1.807) is 19.9 Å². The summed E-state index contributed by atoms with van der Waals surface area (Å²) in [6.07, 6.45) is 0.135. The third kappa shape index (κ3) is 5.42. The van der Waals surface area contributed by atoms with Gasteiger partial charge in [-0.15, -0.1) is 11.3 Å². The highest BCUT2D eigenvalue weighted by atomic mass is 32.2. The molecule has 0 bridgehead atoms. The maximum atomic E-state index is 11.9. The monoisotopic (exact) mass is 330 g/mol. The van der Waals surface area contributed by atoms with Crippen LogP contribution in [0.25, 0.3) is 0 Å². The van der Waals surface area contributed by atoms with E-state index in [-0.39, 0.29) is 23.1 Å². The van der Waals surface area contributed by atoms with Crippen molar-refractivity contribution in [2.24, 2.45) is 5.92 Å². The Morgan fingerprint density at radius 2 is 2.05 bits per heavy atom. The van der Waals surface area contributed by atoms with E-state index in [1.165, 1.54) is 18.3 Å². The van der Waals surface area contributed by atoms with Crippen LogP contribution in [0.3, 0.4) is 0 Å². The summed E-state index contributed by atoms with van der Waals surface area (Å²) in [7, 11) is 0. The van der Waals surface area contributed by atoms with Gasteiger partial charge in [-0.05, 0) is 32.2 Å². The Balaban J connectivity index is 2.58. The van der Waals surface area contributed by atoms with Gasteiger partial charge in [0.15, 0.2) is 0 Å². The SMILES string of the molecule is CC(=O)[C@H](CSC(=O)c1cccs1)CC(=O)C(C)(C)S. The molecule has 0 fully saturated rings. The molecular formula is C14H18O3S3. The molecule has 0 saturated heterocycles. The fraction of sp³-hybridized carbons (Fsp3) is 0.500. The van der Waals surface area contributed by atoms with Gasteiger partial charge in [-0.3, -0.25) is 14.4 Å². The molecule has 110 valence electrons. The molecule has 0 aromatic carbocycles. The summed E-state index contributed by atoms with van der Waals surface area (Å²) in [6, 6.07) is 3.57. The number of thiol groups is 1. The summed E-state index contributed by atoms with van der Waals surface area (Å²) >= 11 is 6.69. The first kappa shape index (κ1) is 17.5. The normalized spacial score (nSPS) is 13.0. The Kier molecular flexibility index (Phi) is 6.48. The van der Waals surface area contributed by atoms with Gasteiger partial charge >= 0.3 is 0 Å². The lowest BCUT2D eigenvalue weighted by Gasteiger charge is -2.19. The van der Waals surface area contributed by atoms with E-state index in [1.807, 2.05) is 11.4 Å². The molecule has 1 aromatic heterocycles. The number of Topliss-reactive ketones (excluding diaryl/α,β-unsaturated/α-hetero) is 2. The van der Waals surface area contributed by atoms with Crippen LogP contribution in [-0.2, 0) is 9.59 Å². The highest BCUT2D eigenvalue weighted by Gasteiger charge is 2.28. The third-order valence-electron chi connectivity index (χ3n) is 2.83. The number of carbonyl (C=O) groups excluding carboxylic acids is 3.